The molecule has 1 heterocycles. The molecule has 1 aromatic rings. The van der Waals surface area contributed by atoms with Gasteiger partial charge in [-0.15, -0.1) is 0 Å². The fourth-order valence-electron chi connectivity index (χ4n) is 2.88. The molecule has 3 atom stereocenters. The van der Waals surface area contributed by atoms with Crippen molar-refractivity contribution in [3.63, 3.8) is 0 Å². The van der Waals surface area contributed by atoms with E-state index in [1.165, 1.54) is 0 Å². The summed E-state index contributed by atoms with van der Waals surface area (Å²) in [5, 5.41) is 10.5. The van der Waals surface area contributed by atoms with Crippen LogP contribution in [0.4, 0.5) is 0 Å². The van der Waals surface area contributed by atoms with Crippen LogP contribution >= 0.6 is 0 Å². The molecular formula is C12H14O2. The number of hydrogen-bond donors (Lipinski definition) is 1. The van der Waals surface area contributed by atoms with E-state index in [0.717, 1.165) is 24.8 Å². The van der Waals surface area contributed by atoms with Crippen molar-refractivity contribution in [1.29, 1.82) is 0 Å². The topological polar surface area (TPSA) is 33.4 Å². The van der Waals surface area contributed by atoms with Gasteiger partial charge >= 0.3 is 0 Å². The zero-order valence-corrected chi connectivity index (χ0v) is 8.02. The van der Waals surface area contributed by atoms with Crippen LogP contribution in [0.15, 0.2) is 35.2 Å². The lowest BCUT2D eigenvalue weighted by molar-refractivity contribution is 0.0152. The molecular weight excluding hydrogens is 176 g/mol. The van der Waals surface area contributed by atoms with Gasteiger partial charge in [0, 0.05) is 12.3 Å². The minimum absolute atomic E-state index is 0.363. The molecule has 2 aliphatic carbocycles. The molecule has 0 radical (unpaired) electrons. The lowest BCUT2D eigenvalue weighted by atomic mass is 9.83. The van der Waals surface area contributed by atoms with Gasteiger partial charge in [0.25, 0.3) is 0 Å². The largest absolute Gasteiger partial charge is 0.472 e. The summed E-state index contributed by atoms with van der Waals surface area (Å²) in [7, 11) is 0. The van der Waals surface area contributed by atoms with Gasteiger partial charge in [0.2, 0.25) is 0 Å². The van der Waals surface area contributed by atoms with Crippen LogP contribution in [0.2, 0.25) is 0 Å². The van der Waals surface area contributed by atoms with E-state index < -0.39 is 5.60 Å². The second-order valence-electron chi connectivity index (χ2n) is 4.60. The summed E-state index contributed by atoms with van der Waals surface area (Å²) in [6.07, 6.45) is 10.6. The molecule has 1 saturated carbocycles. The Morgan fingerprint density at radius 1 is 1.50 bits per heavy atom. The highest BCUT2D eigenvalue weighted by Crippen LogP contribution is 2.47. The lowest BCUT2D eigenvalue weighted by Gasteiger charge is -2.29. The van der Waals surface area contributed by atoms with Gasteiger partial charge < -0.3 is 9.52 Å². The zero-order valence-electron chi connectivity index (χ0n) is 8.02. The molecule has 2 nitrogen and oxygen atoms in total. The third kappa shape index (κ3) is 1.14. The summed E-state index contributed by atoms with van der Waals surface area (Å²) < 4.78 is 5.02. The van der Waals surface area contributed by atoms with Crippen molar-refractivity contribution < 1.29 is 9.52 Å². The van der Waals surface area contributed by atoms with Crippen LogP contribution in [0, 0.1) is 11.8 Å². The molecule has 14 heavy (non-hydrogen) atoms. The number of rotatable bonds is 2. The zero-order chi connectivity index (χ0) is 9.60. The number of furan rings is 1. The molecule has 3 rings (SSSR count). The molecule has 0 saturated heterocycles. The van der Waals surface area contributed by atoms with Crippen molar-refractivity contribution in [2.75, 3.05) is 0 Å². The minimum atomic E-state index is -0.511. The lowest BCUT2D eigenvalue weighted by Crippen LogP contribution is -2.35. The highest BCUT2D eigenvalue weighted by atomic mass is 16.3. The average Bonchev–Trinajstić information content (AvgIpc) is 2.78. The summed E-state index contributed by atoms with van der Waals surface area (Å²) >= 11 is 0. The Hall–Kier alpha value is -1.02. The van der Waals surface area contributed by atoms with Gasteiger partial charge in [-0.05, 0) is 30.4 Å². The Bertz CT molecular complexity index is 352. The summed E-state index contributed by atoms with van der Waals surface area (Å²) in [5.74, 6) is 0.972. The van der Waals surface area contributed by atoms with Crippen LogP contribution in [-0.2, 0) is 6.42 Å². The Morgan fingerprint density at radius 3 is 3.00 bits per heavy atom. The van der Waals surface area contributed by atoms with E-state index in [1.807, 2.05) is 6.07 Å². The Labute approximate surface area is 83.2 Å². The van der Waals surface area contributed by atoms with Crippen LogP contribution in [0.5, 0.6) is 0 Å². The molecule has 0 spiro atoms. The monoisotopic (exact) mass is 190 g/mol. The first-order valence-electron chi connectivity index (χ1n) is 5.18. The minimum Gasteiger partial charge on any atom is -0.472 e. The highest BCUT2D eigenvalue weighted by Gasteiger charge is 2.46. The van der Waals surface area contributed by atoms with Crippen LogP contribution in [-0.4, -0.2) is 10.7 Å². The molecule has 2 aliphatic rings. The van der Waals surface area contributed by atoms with Crippen LogP contribution in [0.25, 0.3) is 0 Å². The van der Waals surface area contributed by atoms with Crippen LogP contribution in [0.3, 0.4) is 0 Å². The second kappa shape index (κ2) is 2.74. The third-order valence-corrected chi connectivity index (χ3v) is 3.57. The van der Waals surface area contributed by atoms with Crippen LogP contribution in [0.1, 0.15) is 18.4 Å². The predicted molar refractivity (Wildman–Crippen MR) is 52.7 cm³/mol. The fraction of sp³-hybridized carbons (Fsp3) is 0.500. The van der Waals surface area contributed by atoms with Crippen molar-refractivity contribution in [3.05, 3.63) is 36.3 Å². The molecule has 0 aliphatic heterocycles. The maximum Gasteiger partial charge on any atom is 0.0935 e. The third-order valence-electron chi connectivity index (χ3n) is 3.57. The van der Waals surface area contributed by atoms with E-state index in [-0.39, 0.29) is 0 Å². The van der Waals surface area contributed by atoms with Gasteiger partial charge in [-0.1, -0.05) is 12.2 Å². The molecule has 2 bridgehead atoms. The quantitative estimate of drug-likeness (QED) is 0.725. The predicted octanol–water partition coefficient (Wildman–Crippen LogP) is 2.15. The van der Waals surface area contributed by atoms with Gasteiger partial charge in [-0.25, -0.2) is 0 Å². The molecule has 2 heteroatoms. The Morgan fingerprint density at radius 2 is 2.43 bits per heavy atom. The van der Waals surface area contributed by atoms with Gasteiger partial charge in [0.15, 0.2) is 0 Å². The van der Waals surface area contributed by atoms with E-state index in [4.69, 9.17) is 4.42 Å². The number of hydrogen-bond acceptors (Lipinski definition) is 2. The number of aliphatic hydroxyl groups is 1. The molecule has 1 N–H and O–H groups in total. The highest BCUT2D eigenvalue weighted by molar-refractivity contribution is 5.21. The first-order valence-corrected chi connectivity index (χ1v) is 5.18. The normalized spacial score (nSPS) is 39.5. The van der Waals surface area contributed by atoms with Gasteiger partial charge in [-0.2, -0.15) is 0 Å². The first-order chi connectivity index (χ1) is 6.76. The summed E-state index contributed by atoms with van der Waals surface area (Å²) in [5.41, 5.74) is 0.594. The average molecular weight is 190 g/mol. The van der Waals surface area contributed by atoms with Gasteiger partial charge in [0.1, 0.15) is 0 Å². The SMILES string of the molecule is OC1(Cc2ccoc2)CC2C=CC1C2. The molecule has 0 aromatic carbocycles. The smallest absolute Gasteiger partial charge is 0.0935 e. The fourth-order valence-corrected chi connectivity index (χ4v) is 2.88. The summed E-state index contributed by atoms with van der Waals surface area (Å²) in [6, 6.07) is 1.94. The summed E-state index contributed by atoms with van der Waals surface area (Å²) in [4.78, 5) is 0. The van der Waals surface area contributed by atoms with Crippen molar-refractivity contribution >= 4 is 0 Å². The molecule has 0 amide bonds. The molecule has 3 unspecified atom stereocenters. The van der Waals surface area contributed by atoms with E-state index >= 15 is 0 Å². The van der Waals surface area contributed by atoms with Gasteiger partial charge in [-0.3, -0.25) is 0 Å². The summed E-state index contributed by atoms with van der Waals surface area (Å²) in [6.45, 7) is 0. The molecule has 1 aromatic heterocycles. The molecule has 74 valence electrons. The Balaban J connectivity index is 1.82. The maximum atomic E-state index is 10.5. The van der Waals surface area contributed by atoms with Crippen molar-refractivity contribution in [2.45, 2.75) is 24.9 Å². The van der Waals surface area contributed by atoms with Crippen LogP contribution < -0.4 is 0 Å². The van der Waals surface area contributed by atoms with Crippen molar-refractivity contribution in [2.24, 2.45) is 11.8 Å². The van der Waals surface area contributed by atoms with Crippen molar-refractivity contribution in [1.82, 2.24) is 0 Å². The van der Waals surface area contributed by atoms with Crippen molar-refractivity contribution in [3.8, 4) is 0 Å². The number of allylic oxidation sites excluding steroid dienone is 1. The van der Waals surface area contributed by atoms with Gasteiger partial charge in [0.05, 0.1) is 18.1 Å². The number of fused-ring (bicyclic) bond motifs is 2. The molecule has 1 fully saturated rings. The van der Waals surface area contributed by atoms with E-state index in [1.54, 1.807) is 12.5 Å². The van der Waals surface area contributed by atoms with E-state index in [9.17, 15) is 5.11 Å². The van der Waals surface area contributed by atoms with E-state index in [0.29, 0.717) is 11.8 Å². The standard InChI is InChI=1S/C12H14O2/c13-12(7-10-3-4-14-8-10)6-9-1-2-11(12)5-9/h1-4,8-9,11,13H,5-7H2. The first kappa shape index (κ1) is 8.30. The maximum absolute atomic E-state index is 10.5. The Kier molecular flexibility index (Phi) is 1.62. The van der Waals surface area contributed by atoms with E-state index in [2.05, 4.69) is 12.2 Å². The second-order valence-corrected chi connectivity index (χ2v) is 4.60.